The van der Waals surface area contributed by atoms with Gasteiger partial charge in [0.25, 0.3) is 0 Å². The zero-order valence-electron chi connectivity index (χ0n) is 14.2. The molecule has 1 aromatic rings. The number of likely N-dealkylation sites (N-methyl/N-ethyl adjacent to an activating group) is 1. The predicted octanol–water partition coefficient (Wildman–Crippen LogP) is 4.92. The van der Waals surface area contributed by atoms with E-state index in [0.717, 1.165) is 18.9 Å². The minimum Gasteiger partial charge on any atom is -0.492 e. The first-order chi connectivity index (χ1) is 10.2. The average Bonchev–Trinajstić information content (AvgIpc) is 2.47. The molecule has 0 heterocycles. The summed E-state index contributed by atoms with van der Waals surface area (Å²) in [4.78, 5) is 2.13. The highest BCUT2D eigenvalue weighted by Crippen LogP contribution is 2.15. The second-order valence-corrected chi connectivity index (χ2v) is 6.17. The van der Waals surface area contributed by atoms with E-state index in [1.165, 1.54) is 56.9 Å². The van der Waals surface area contributed by atoms with Gasteiger partial charge in [-0.25, -0.2) is 0 Å². The van der Waals surface area contributed by atoms with E-state index in [4.69, 9.17) is 4.74 Å². The molecule has 0 N–H and O–H groups in total. The number of hydrogen-bond donors (Lipinski definition) is 0. The number of unbranched alkanes of at least 4 members (excludes halogenated alkanes) is 6. The Hall–Kier alpha value is -1.02. The predicted molar refractivity (Wildman–Crippen MR) is 92.2 cm³/mol. The molecule has 0 amide bonds. The van der Waals surface area contributed by atoms with Crippen molar-refractivity contribution in [3.05, 3.63) is 29.8 Å². The van der Waals surface area contributed by atoms with Gasteiger partial charge in [0.05, 0.1) is 0 Å². The Labute approximate surface area is 131 Å². The Morgan fingerprint density at radius 2 is 1.48 bits per heavy atom. The van der Waals surface area contributed by atoms with Crippen molar-refractivity contribution in [1.29, 1.82) is 0 Å². The third kappa shape index (κ3) is 9.52. The normalized spacial score (nSPS) is 11.0. The van der Waals surface area contributed by atoms with Crippen molar-refractivity contribution in [2.75, 3.05) is 27.2 Å². The maximum absolute atomic E-state index is 5.71. The van der Waals surface area contributed by atoms with Crippen molar-refractivity contribution in [2.45, 2.75) is 58.3 Å². The van der Waals surface area contributed by atoms with Crippen molar-refractivity contribution in [3.8, 4) is 5.75 Å². The minimum absolute atomic E-state index is 0.754. The first-order valence-electron chi connectivity index (χ1n) is 8.59. The monoisotopic (exact) mass is 291 g/mol. The maximum atomic E-state index is 5.71. The largest absolute Gasteiger partial charge is 0.492 e. The highest BCUT2D eigenvalue weighted by Gasteiger charge is 1.97. The second-order valence-electron chi connectivity index (χ2n) is 6.17. The van der Waals surface area contributed by atoms with Crippen molar-refractivity contribution in [2.24, 2.45) is 0 Å². The molecule has 21 heavy (non-hydrogen) atoms. The van der Waals surface area contributed by atoms with Crippen molar-refractivity contribution >= 4 is 0 Å². The lowest BCUT2D eigenvalue weighted by Crippen LogP contribution is -2.19. The SMILES string of the molecule is CCCCCCCCCc1ccc(OCCN(C)C)cc1. The quantitative estimate of drug-likeness (QED) is 0.507. The fourth-order valence-corrected chi connectivity index (χ4v) is 2.38. The Balaban J connectivity index is 2.10. The fraction of sp³-hybridized carbons (Fsp3) is 0.684. The fourth-order valence-electron chi connectivity index (χ4n) is 2.38. The lowest BCUT2D eigenvalue weighted by molar-refractivity contribution is 0.261. The molecule has 0 unspecified atom stereocenters. The zero-order valence-corrected chi connectivity index (χ0v) is 14.2. The Morgan fingerprint density at radius 3 is 2.10 bits per heavy atom. The summed E-state index contributed by atoms with van der Waals surface area (Å²) in [6.45, 7) is 3.98. The molecule has 1 aromatic carbocycles. The molecule has 0 radical (unpaired) electrons. The third-order valence-electron chi connectivity index (χ3n) is 3.80. The molecule has 0 saturated heterocycles. The summed E-state index contributed by atoms with van der Waals surface area (Å²) in [7, 11) is 4.13. The van der Waals surface area contributed by atoms with Crippen LogP contribution in [0.5, 0.6) is 5.75 Å². The van der Waals surface area contributed by atoms with Gasteiger partial charge in [0, 0.05) is 6.54 Å². The molecule has 0 aromatic heterocycles. The first-order valence-corrected chi connectivity index (χ1v) is 8.59. The van der Waals surface area contributed by atoms with E-state index >= 15 is 0 Å². The topological polar surface area (TPSA) is 12.5 Å². The van der Waals surface area contributed by atoms with Gasteiger partial charge in [0.2, 0.25) is 0 Å². The Bertz CT molecular complexity index is 345. The summed E-state index contributed by atoms with van der Waals surface area (Å²) in [5.41, 5.74) is 1.43. The molecule has 0 aliphatic carbocycles. The van der Waals surface area contributed by atoms with Gasteiger partial charge in [0.1, 0.15) is 12.4 Å². The molecular weight excluding hydrogens is 258 g/mol. The molecule has 0 fully saturated rings. The van der Waals surface area contributed by atoms with Gasteiger partial charge in [-0.2, -0.15) is 0 Å². The molecule has 0 aliphatic rings. The molecule has 0 spiro atoms. The van der Waals surface area contributed by atoms with Gasteiger partial charge >= 0.3 is 0 Å². The Morgan fingerprint density at radius 1 is 0.857 bits per heavy atom. The summed E-state index contributed by atoms with van der Waals surface area (Å²) in [5.74, 6) is 0.986. The van der Waals surface area contributed by atoms with Gasteiger partial charge in [-0.05, 0) is 44.6 Å². The standard InChI is InChI=1S/C19H33NO/c1-4-5-6-7-8-9-10-11-18-12-14-19(15-13-18)21-17-16-20(2)3/h12-15H,4-11,16-17H2,1-3H3. The van der Waals surface area contributed by atoms with Crippen molar-refractivity contribution in [3.63, 3.8) is 0 Å². The van der Waals surface area contributed by atoms with Gasteiger partial charge in [-0.1, -0.05) is 57.6 Å². The van der Waals surface area contributed by atoms with Crippen LogP contribution in [-0.2, 0) is 6.42 Å². The number of nitrogens with zero attached hydrogens (tertiary/aromatic N) is 1. The summed E-state index contributed by atoms with van der Waals surface area (Å²) in [6, 6.07) is 8.63. The van der Waals surface area contributed by atoms with E-state index in [0.29, 0.717) is 0 Å². The second kappa shape index (κ2) is 11.6. The van der Waals surface area contributed by atoms with E-state index < -0.39 is 0 Å². The third-order valence-corrected chi connectivity index (χ3v) is 3.80. The molecule has 0 aliphatic heterocycles. The number of benzene rings is 1. The summed E-state index contributed by atoms with van der Waals surface area (Å²) < 4.78 is 5.71. The van der Waals surface area contributed by atoms with E-state index in [1.807, 2.05) is 0 Å². The smallest absolute Gasteiger partial charge is 0.119 e. The summed E-state index contributed by atoms with van der Waals surface area (Å²) >= 11 is 0. The van der Waals surface area contributed by atoms with Crippen LogP contribution in [0.4, 0.5) is 0 Å². The van der Waals surface area contributed by atoms with Crippen molar-refractivity contribution < 1.29 is 4.74 Å². The van der Waals surface area contributed by atoms with Gasteiger partial charge in [-0.15, -0.1) is 0 Å². The van der Waals surface area contributed by atoms with Gasteiger partial charge in [-0.3, -0.25) is 0 Å². The van der Waals surface area contributed by atoms with Crippen LogP contribution in [0.25, 0.3) is 0 Å². The molecule has 0 bridgehead atoms. The van der Waals surface area contributed by atoms with E-state index in [-0.39, 0.29) is 0 Å². The Kier molecular flexibility index (Phi) is 9.98. The highest BCUT2D eigenvalue weighted by atomic mass is 16.5. The van der Waals surface area contributed by atoms with E-state index in [2.05, 4.69) is 50.2 Å². The average molecular weight is 291 g/mol. The number of ether oxygens (including phenoxy) is 1. The highest BCUT2D eigenvalue weighted by molar-refractivity contribution is 5.27. The summed E-state index contributed by atoms with van der Waals surface area (Å²) in [6.07, 6.45) is 10.8. The molecule has 2 heteroatoms. The van der Waals surface area contributed by atoms with E-state index in [9.17, 15) is 0 Å². The minimum atomic E-state index is 0.754. The van der Waals surface area contributed by atoms with Crippen LogP contribution in [0.2, 0.25) is 0 Å². The summed E-state index contributed by atoms with van der Waals surface area (Å²) in [5, 5.41) is 0. The lowest BCUT2D eigenvalue weighted by Gasteiger charge is -2.11. The van der Waals surface area contributed by atoms with Crippen molar-refractivity contribution in [1.82, 2.24) is 4.90 Å². The zero-order chi connectivity index (χ0) is 15.3. The van der Waals surface area contributed by atoms with Crippen LogP contribution < -0.4 is 4.74 Å². The van der Waals surface area contributed by atoms with Gasteiger partial charge in [0.15, 0.2) is 0 Å². The number of aryl methyl sites for hydroxylation is 1. The molecule has 1 rings (SSSR count). The molecule has 120 valence electrons. The molecule has 2 nitrogen and oxygen atoms in total. The maximum Gasteiger partial charge on any atom is 0.119 e. The lowest BCUT2D eigenvalue weighted by atomic mass is 10.0. The first kappa shape index (κ1) is 18.0. The van der Waals surface area contributed by atoms with Crippen LogP contribution in [-0.4, -0.2) is 32.1 Å². The molecular formula is C19H33NO. The molecule has 0 saturated carbocycles. The van der Waals surface area contributed by atoms with Crippen LogP contribution >= 0.6 is 0 Å². The van der Waals surface area contributed by atoms with Crippen LogP contribution in [0.1, 0.15) is 57.4 Å². The van der Waals surface area contributed by atoms with Gasteiger partial charge < -0.3 is 9.64 Å². The van der Waals surface area contributed by atoms with Crippen LogP contribution in [0.15, 0.2) is 24.3 Å². The van der Waals surface area contributed by atoms with Crippen LogP contribution in [0, 0.1) is 0 Å². The number of hydrogen-bond acceptors (Lipinski definition) is 2. The molecule has 0 atom stereocenters. The van der Waals surface area contributed by atoms with Crippen LogP contribution in [0.3, 0.4) is 0 Å². The number of rotatable bonds is 12. The van der Waals surface area contributed by atoms with E-state index in [1.54, 1.807) is 0 Å².